The maximum atomic E-state index is 13.7. The first-order chi connectivity index (χ1) is 8.52. The second kappa shape index (κ2) is 4.84. The third kappa shape index (κ3) is 2.25. The van der Waals surface area contributed by atoms with Gasteiger partial charge in [0, 0.05) is 24.3 Å². The molecule has 0 radical (unpaired) electrons. The number of benzene rings is 1. The molecule has 5 heteroatoms. The van der Waals surface area contributed by atoms with E-state index in [1.54, 1.807) is 6.92 Å². The van der Waals surface area contributed by atoms with Crippen molar-refractivity contribution in [3.63, 3.8) is 0 Å². The van der Waals surface area contributed by atoms with Crippen LogP contribution in [-0.2, 0) is 9.59 Å². The van der Waals surface area contributed by atoms with Gasteiger partial charge in [0.25, 0.3) is 0 Å². The summed E-state index contributed by atoms with van der Waals surface area (Å²) in [5.41, 5.74) is 0.228. The molecule has 1 aliphatic rings. The molecule has 2 rings (SSSR count). The number of halogens is 2. The zero-order valence-corrected chi connectivity index (χ0v) is 9.87. The molecule has 2 atom stereocenters. The van der Waals surface area contributed by atoms with Crippen molar-refractivity contribution < 1.29 is 18.4 Å². The molecule has 0 aliphatic carbocycles. The van der Waals surface area contributed by atoms with Gasteiger partial charge in [-0.1, -0.05) is 13.0 Å². The van der Waals surface area contributed by atoms with Gasteiger partial charge in [-0.25, -0.2) is 8.78 Å². The monoisotopic (exact) mass is 253 g/mol. The van der Waals surface area contributed by atoms with Crippen LogP contribution >= 0.6 is 0 Å². The van der Waals surface area contributed by atoms with E-state index in [0.29, 0.717) is 6.42 Å². The van der Waals surface area contributed by atoms with Gasteiger partial charge >= 0.3 is 0 Å². The fourth-order valence-corrected chi connectivity index (χ4v) is 2.40. The third-order valence-electron chi connectivity index (χ3n) is 3.29. The largest absolute Gasteiger partial charge is 0.296 e. The molecule has 96 valence electrons. The van der Waals surface area contributed by atoms with Crippen LogP contribution in [0, 0.1) is 17.6 Å². The second-order valence-electron chi connectivity index (χ2n) is 4.40. The van der Waals surface area contributed by atoms with Crippen LogP contribution in [0.4, 0.5) is 8.78 Å². The summed E-state index contributed by atoms with van der Waals surface area (Å²) in [6, 6.07) is 3.23. The minimum absolute atomic E-state index is 0.0484. The molecule has 0 aromatic heterocycles. The molecule has 1 aliphatic heterocycles. The molecule has 3 nitrogen and oxygen atoms in total. The Morgan fingerprint density at radius 1 is 1.33 bits per heavy atom. The molecule has 1 saturated heterocycles. The summed E-state index contributed by atoms with van der Waals surface area (Å²) in [4.78, 5) is 23.0. The molecule has 1 N–H and O–H groups in total. The molecule has 0 saturated carbocycles. The number of imide groups is 1. The lowest BCUT2D eigenvalue weighted by atomic mass is 9.79. The summed E-state index contributed by atoms with van der Waals surface area (Å²) in [7, 11) is 0. The van der Waals surface area contributed by atoms with Gasteiger partial charge in [-0.05, 0) is 18.1 Å². The molecule has 1 aromatic carbocycles. The van der Waals surface area contributed by atoms with Gasteiger partial charge in [0.05, 0.1) is 0 Å². The fourth-order valence-electron chi connectivity index (χ4n) is 2.40. The Balaban J connectivity index is 2.39. The SMILES string of the molecule is CCC1C(=O)NC(=O)CC1c1ccc(F)cc1F. The summed E-state index contributed by atoms with van der Waals surface area (Å²) in [6.07, 6.45) is 0.549. The van der Waals surface area contributed by atoms with Crippen molar-refractivity contribution in [1.82, 2.24) is 5.32 Å². The molecule has 1 aromatic rings. The highest BCUT2D eigenvalue weighted by Gasteiger charge is 2.36. The number of rotatable bonds is 2. The van der Waals surface area contributed by atoms with Gasteiger partial charge < -0.3 is 0 Å². The first kappa shape index (κ1) is 12.7. The number of hydrogen-bond donors (Lipinski definition) is 1. The van der Waals surface area contributed by atoms with Crippen molar-refractivity contribution in [1.29, 1.82) is 0 Å². The zero-order chi connectivity index (χ0) is 13.3. The van der Waals surface area contributed by atoms with Crippen LogP contribution in [0.1, 0.15) is 31.2 Å². The topological polar surface area (TPSA) is 46.2 Å². The maximum absolute atomic E-state index is 13.7. The number of amides is 2. The highest BCUT2D eigenvalue weighted by atomic mass is 19.1. The van der Waals surface area contributed by atoms with Crippen molar-refractivity contribution in [3.8, 4) is 0 Å². The van der Waals surface area contributed by atoms with Crippen molar-refractivity contribution in [2.24, 2.45) is 5.92 Å². The molecule has 2 unspecified atom stereocenters. The molecule has 0 spiro atoms. The van der Waals surface area contributed by atoms with E-state index in [4.69, 9.17) is 0 Å². The van der Waals surface area contributed by atoms with E-state index in [-0.39, 0.29) is 17.9 Å². The first-order valence-corrected chi connectivity index (χ1v) is 5.81. The molecule has 1 heterocycles. The van der Waals surface area contributed by atoms with Crippen molar-refractivity contribution in [3.05, 3.63) is 35.4 Å². The molecular weight excluding hydrogens is 240 g/mol. The quantitative estimate of drug-likeness (QED) is 0.821. The molecule has 0 bridgehead atoms. The van der Waals surface area contributed by atoms with Crippen LogP contribution in [0.2, 0.25) is 0 Å². The van der Waals surface area contributed by atoms with Crippen molar-refractivity contribution in [2.45, 2.75) is 25.7 Å². The van der Waals surface area contributed by atoms with Gasteiger partial charge in [0.2, 0.25) is 11.8 Å². The predicted molar refractivity (Wildman–Crippen MR) is 60.6 cm³/mol. The van der Waals surface area contributed by atoms with Gasteiger partial charge in [-0.2, -0.15) is 0 Å². The standard InChI is InChI=1S/C13H13F2NO2/c1-2-8-10(6-12(17)16-13(8)18)9-4-3-7(14)5-11(9)15/h3-5,8,10H,2,6H2,1H3,(H,16,17,18). The lowest BCUT2D eigenvalue weighted by molar-refractivity contribution is -0.137. The number of hydrogen-bond acceptors (Lipinski definition) is 2. The van der Waals surface area contributed by atoms with E-state index in [9.17, 15) is 18.4 Å². The minimum atomic E-state index is -0.707. The van der Waals surface area contributed by atoms with Gasteiger partial charge in [0.15, 0.2) is 0 Å². The lowest BCUT2D eigenvalue weighted by Gasteiger charge is -2.29. The average Bonchev–Trinajstić information content (AvgIpc) is 2.28. The summed E-state index contributed by atoms with van der Waals surface area (Å²) >= 11 is 0. The highest BCUT2D eigenvalue weighted by Crippen LogP contribution is 2.34. The van der Waals surface area contributed by atoms with E-state index >= 15 is 0 Å². The number of nitrogens with one attached hydrogen (secondary N) is 1. The minimum Gasteiger partial charge on any atom is -0.296 e. The van der Waals surface area contributed by atoms with E-state index < -0.39 is 29.4 Å². The summed E-state index contributed by atoms with van der Waals surface area (Å²) in [5, 5.41) is 2.24. The third-order valence-corrected chi connectivity index (χ3v) is 3.29. The van der Waals surface area contributed by atoms with Crippen LogP contribution in [0.25, 0.3) is 0 Å². The first-order valence-electron chi connectivity index (χ1n) is 5.81. The molecular formula is C13H13F2NO2. The zero-order valence-electron chi connectivity index (χ0n) is 9.87. The van der Waals surface area contributed by atoms with Crippen LogP contribution in [0.15, 0.2) is 18.2 Å². The smallest absolute Gasteiger partial charge is 0.230 e. The normalized spacial score (nSPS) is 23.9. The Bertz CT molecular complexity index is 502. The predicted octanol–water partition coefficient (Wildman–Crippen LogP) is 2.12. The molecule has 1 fully saturated rings. The van der Waals surface area contributed by atoms with Gasteiger partial charge in [0.1, 0.15) is 11.6 Å². The van der Waals surface area contributed by atoms with E-state index in [1.807, 2.05) is 0 Å². The van der Waals surface area contributed by atoms with Crippen LogP contribution < -0.4 is 5.32 Å². The number of piperidine rings is 1. The summed E-state index contributed by atoms with van der Waals surface area (Å²) < 4.78 is 26.6. The Hall–Kier alpha value is -1.78. The van der Waals surface area contributed by atoms with Gasteiger partial charge in [-0.15, -0.1) is 0 Å². The van der Waals surface area contributed by atoms with Crippen LogP contribution in [-0.4, -0.2) is 11.8 Å². The maximum Gasteiger partial charge on any atom is 0.230 e. The Labute approximate surface area is 103 Å². The van der Waals surface area contributed by atoms with Crippen molar-refractivity contribution in [2.75, 3.05) is 0 Å². The summed E-state index contributed by atoms with van der Waals surface area (Å²) in [5.74, 6) is -3.16. The number of carbonyl (C=O) groups is 2. The van der Waals surface area contributed by atoms with E-state index in [0.717, 1.165) is 12.1 Å². The Morgan fingerprint density at radius 3 is 2.67 bits per heavy atom. The lowest BCUT2D eigenvalue weighted by Crippen LogP contribution is -2.44. The highest BCUT2D eigenvalue weighted by molar-refractivity contribution is 5.99. The Morgan fingerprint density at radius 2 is 2.06 bits per heavy atom. The second-order valence-corrected chi connectivity index (χ2v) is 4.40. The molecule has 18 heavy (non-hydrogen) atoms. The van der Waals surface area contributed by atoms with Crippen LogP contribution in [0.3, 0.4) is 0 Å². The van der Waals surface area contributed by atoms with Crippen molar-refractivity contribution >= 4 is 11.8 Å². The van der Waals surface area contributed by atoms with Gasteiger partial charge in [-0.3, -0.25) is 14.9 Å². The average molecular weight is 253 g/mol. The number of carbonyl (C=O) groups excluding carboxylic acids is 2. The summed E-state index contributed by atoms with van der Waals surface area (Å²) in [6.45, 7) is 1.80. The van der Waals surface area contributed by atoms with E-state index in [2.05, 4.69) is 5.32 Å². The fraction of sp³-hybridized carbons (Fsp3) is 0.385. The Kier molecular flexibility index (Phi) is 3.41. The van der Waals surface area contributed by atoms with Crippen LogP contribution in [0.5, 0.6) is 0 Å². The van der Waals surface area contributed by atoms with E-state index in [1.165, 1.54) is 6.07 Å². The molecule has 2 amide bonds.